The maximum absolute atomic E-state index is 10.1. The Labute approximate surface area is 117 Å². The highest BCUT2D eigenvalue weighted by Crippen LogP contribution is 2.50. The molecule has 2 fully saturated rings. The molecule has 0 aromatic heterocycles. The van der Waals surface area contributed by atoms with Crippen molar-refractivity contribution in [3.05, 3.63) is 33.8 Å². The van der Waals surface area contributed by atoms with Crippen LogP contribution in [0, 0.1) is 0 Å². The van der Waals surface area contributed by atoms with E-state index in [2.05, 4.69) is 11.9 Å². The molecule has 2 nitrogen and oxygen atoms in total. The van der Waals surface area contributed by atoms with Gasteiger partial charge in [0.1, 0.15) is 0 Å². The summed E-state index contributed by atoms with van der Waals surface area (Å²) in [4.78, 5) is 2.42. The third kappa shape index (κ3) is 1.78. The first-order chi connectivity index (χ1) is 8.53. The summed E-state index contributed by atoms with van der Waals surface area (Å²) < 4.78 is 0. The van der Waals surface area contributed by atoms with E-state index >= 15 is 0 Å². The molecule has 2 aliphatic rings. The Morgan fingerprint density at radius 1 is 1.33 bits per heavy atom. The number of halogens is 2. The lowest BCUT2D eigenvalue weighted by Gasteiger charge is -2.45. The lowest BCUT2D eigenvalue weighted by atomic mass is 9.81. The third-order valence-corrected chi connectivity index (χ3v) is 5.43. The summed E-state index contributed by atoms with van der Waals surface area (Å²) in [5.74, 6) is 0. The van der Waals surface area contributed by atoms with E-state index in [0.29, 0.717) is 16.1 Å². The summed E-state index contributed by atoms with van der Waals surface area (Å²) in [7, 11) is 2.16. The van der Waals surface area contributed by atoms with Crippen molar-refractivity contribution >= 4 is 23.2 Å². The summed E-state index contributed by atoms with van der Waals surface area (Å²) in [6, 6.07) is 6.35. The van der Waals surface area contributed by atoms with Crippen molar-refractivity contribution < 1.29 is 5.11 Å². The van der Waals surface area contributed by atoms with E-state index in [9.17, 15) is 5.11 Å². The molecule has 3 rings (SSSR count). The second-order valence-corrected chi connectivity index (χ2v) is 6.37. The van der Waals surface area contributed by atoms with Crippen molar-refractivity contribution in [2.24, 2.45) is 0 Å². The van der Waals surface area contributed by atoms with Crippen molar-refractivity contribution in [3.8, 4) is 0 Å². The Hall–Kier alpha value is -0.280. The summed E-state index contributed by atoms with van der Waals surface area (Å²) in [6.07, 6.45) is 3.71. The monoisotopic (exact) mass is 285 g/mol. The van der Waals surface area contributed by atoms with Crippen LogP contribution >= 0.6 is 23.2 Å². The number of hydrogen-bond acceptors (Lipinski definition) is 2. The minimum atomic E-state index is -0.205. The Morgan fingerprint density at radius 2 is 2.11 bits per heavy atom. The largest absolute Gasteiger partial charge is 0.393 e. The molecule has 3 atom stereocenters. The molecule has 0 spiro atoms. The molecule has 3 unspecified atom stereocenters. The average Bonchev–Trinajstić information content (AvgIpc) is 2.54. The number of nitrogens with zero attached hydrogens (tertiary/aromatic N) is 1. The minimum absolute atomic E-state index is 0.0590. The van der Waals surface area contributed by atoms with Crippen LogP contribution in [0.25, 0.3) is 0 Å². The molecule has 98 valence electrons. The van der Waals surface area contributed by atoms with Crippen LogP contribution in [0.4, 0.5) is 0 Å². The predicted octanol–water partition coefficient (Wildman–Crippen LogP) is 3.44. The van der Waals surface area contributed by atoms with Gasteiger partial charge in [-0.05, 0) is 50.4 Å². The molecular weight excluding hydrogens is 269 g/mol. The molecule has 1 aromatic carbocycles. The molecule has 0 amide bonds. The second-order valence-electron chi connectivity index (χ2n) is 5.56. The van der Waals surface area contributed by atoms with Gasteiger partial charge >= 0.3 is 0 Å². The van der Waals surface area contributed by atoms with Crippen LogP contribution in [0.3, 0.4) is 0 Å². The zero-order valence-corrected chi connectivity index (χ0v) is 11.9. The number of benzene rings is 1. The molecule has 18 heavy (non-hydrogen) atoms. The molecule has 0 radical (unpaired) electrons. The average molecular weight is 286 g/mol. The summed E-state index contributed by atoms with van der Waals surface area (Å²) in [5, 5.41) is 11.3. The number of aliphatic hydroxyl groups excluding tert-OH is 1. The van der Waals surface area contributed by atoms with E-state index < -0.39 is 0 Å². The fourth-order valence-electron chi connectivity index (χ4n) is 3.69. The maximum Gasteiger partial charge on any atom is 0.0595 e. The Kier molecular flexibility index (Phi) is 3.10. The van der Waals surface area contributed by atoms with Crippen molar-refractivity contribution in [1.29, 1.82) is 0 Å². The van der Waals surface area contributed by atoms with E-state index in [4.69, 9.17) is 23.2 Å². The van der Waals surface area contributed by atoms with Crippen molar-refractivity contribution in [1.82, 2.24) is 4.90 Å². The first-order valence-corrected chi connectivity index (χ1v) is 7.15. The fourth-order valence-corrected chi connectivity index (χ4v) is 3.98. The topological polar surface area (TPSA) is 23.5 Å². The summed E-state index contributed by atoms with van der Waals surface area (Å²) >= 11 is 12.1. The van der Waals surface area contributed by atoms with Crippen molar-refractivity contribution in [2.75, 3.05) is 7.05 Å². The molecule has 2 bridgehead atoms. The molecule has 2 saturated heterocycles. The van der Waals surface area contributed by atoms with Crippen LogP contribution < -0.4 is 0 Å². The second kappa shape index (κ2) is 4.38. The first-order valence-electron chi connectivity index (χ1n) is 6.39. The SMILES string of the molecule is CN1C2CCC1(c1ccc(Cl)c(Cl)c1)CC(O)C2. The Bertz CT molecular complexity index is 479. The van der Waals surface area contributed by atoms with Gasteiger partial charge in [-0.25, -0.2) is 0 Å². The van der Waals surface area contributed by atoms with E-state index in [-0.39, 0.29) is 11.6 Å². The third-order valence-electron chi connectivity index (χ3n) is 4.69. The van der Waals surface area contributed by atoms with Gasteiger partial charge in [-0.1, -0.05) is 29.3 Å². The van der Waals surface area contributed by atoms with Crippen molar-refractivity contribution in [3.63, 3.8) is 0 Å². The van der Waals surface area contributed by atoms with Gasteiger partial charge in [-0.15, -0.1) is 0 Å². The Balaban J connectivity index is 2.05. The fraction of sp³-hybridized carbons (Fsp3) is 0.571. The molecule has 1 N–H and O–H groups in total. The highest BCUT2D eigenvalue weighted by Gasteiger charge is 2.50. The molecule has 2 heterocycles. The van der Waals surface area contributed by atoms with Crippen molar-refractivity contribution in [2.45, 2.75) is 43.4 Å². The maximum atomic E-state index is 10.1. The van der Waals surface area contributed by atoms with Gasteiger partial charge in [0.25, 0.3) is 0 Å². The number of hydrogen-bond donors (Lipinski definition) is 1. The number of rotatable bonds is 1. The molecule has 4 heteroatoms. The number of fused-ring (bicyclic) bond motifs is 2. The molecule has 0 aliphatic carbocycles. The van der Waals surface area contributed by atoms with Crippen LogP contribution in [0.1, 0.15) is 31.2 Å². The van der Waals surface area contributed by atoms with Crippen LogP contribution in [-0.2, 0) is 5.54 Å². The summed E-state index contributed by atoms with van der Waals surface area (Å²) in [6.45, 7) is 0. The van der Waals surface area contributed by atoms with E-state index in [0.717, 1.165) is 25.7 Å². The minimum Gasteiger partial charge on any atom is -0.393 e. The van der Waals surface area contributed by atoms with Gasteiger partial charge < -0.3 is 5.11 Å². The molecule has 0 saturated carbocycles. The first kappa shape index (κ1) is 12.7. The molecule has 1 aromatic rings. The smallest absolute Gasteiger partial charge is 0.0595 e. The van der Waals surface area contributed by atoms with Gasteiger partial charge in [-0.2, -0.15) is 0 Å². The van der Waals surface area contributed by atoms with Crippen LogP contribution in [-0.4, -0.2) is 29.2 Å². The Morgan fingerprint density at radius 3 is 2.83 bits per heavy atom. The number of piperidine rings is 1. The van der Waals surface area contributed by atoms with Gasteiger partial charge in [0, 0.05) is 11.6 Å². The van der Waals surface area contributed by atoms with Gasteiger partial charge in [-0.3, -0.25) is 4.90 Å². The summed E-state index contributed by atoms with van der Waals surface area (Å²) in [5.41, 5.74) is 1.12. The lowest BCUT2D eigenvalue weighted by molar-refractivity contribution is -0.00625. The van der Waals surface area contributed by atoms with Gasteiger partial charge in [0.2, 0.25) is 0 Å². The standard InChI is InChI=1S/C14H17Cl2NO/c1-17-10-4-5-14(17,8-11(18)7-10)9-2-3-12(15)13(16)6-9/h2-3,6,10-11,18H,4-5,7-8H2,1H3. The normalized spacial score (nSPS) is 36.0. The van der Waals surface area contributed by atoms with E-state index in [1.54, 1.807) is 0 Å². The van der Waals surface area contributed by atoms with E-state index in [1.165, 1.54) is 5.56 Å². The molecule has 2 aliphatic heterocycles. The van der Waals surface area contributed by atoms with Crippen LogP contribution in [0.2, 0.25) is 10.0 Å². The number of aliphatic hydroxyl groups is 1. The van der Waals surface area contributed by atoms with Crippen LogP contribution in [0.5, 0.6) is 0 Å². The quantitative estimate of drug-likeness (QED) is 0.855. The highest BCUT2D eigenvalue weighted by molar-refractivity contribution is 6.42. The lowest BCUT2D eigenvalue weighted by Crippen LogP contribution is -2.49. The highest BCUT2D eigenvalue weighted by atomic mass is 35.5. The predicted molar refractivity (Wildman–Crippen MR) is 74.2 cm³/mol. The van der Waals surface area contributed by atoms with Gasteiger partial charge in [0.15, 0.2) is 0 Å². The van der Waals surface area contributed by atoms with E-state index in [1.807, 2.05) is 18.2 Å². The van der Waals surface area contributed by atoms with Crippen LogP contribution in [0.15, 0.2) is 18.2 Å². The van der Waals surface area contributed by atoms with Gasteiger partial charge in [0.05, 0.1) is 16.1 Å². The molecular formula is C14H17Cl2NO. The zero-order chi connectivity index (χ0) is 12.9. The zero-order valence-electron chi connectivity index (χ0n) is 10.4.